The Kier molecular flexibility index (Phi) is 50.0. The number of Topliss-reactive ketones (excluding diaryl/α,β-unsaturated/α-hetero) is 2. The van der Waals surface area contributed by atoms with Crippen molar-refractivity contribution in [3.05, 3.63) is 147 Å². The molecule has 0 spiro atoms. The second-order valence-electron chi connectivity index (χ2n) is 12.3. The van der Waals surface area contributed by atoms with E-state index in [0.29, 0.717) is 37.9 Å². The van der Waals surface area contributed by atoms with E-state index < -0.39 is 5.97 Å². The van der Waals surface area contributed by atoms with Crippen molar-refractivity contribution < 1.29 is 148 Å². The van der Waals surface area contributed by atoms with Gasteiger partial charge in [0.25, 0.3) is 0 Å². The van der Waals surface area contributed by atoms with Crippen LogP contribution in [0.3, 0.4) is 0 Å². The fraction of sp³-hybridized carbons (Fsp3) is 0.341. The van der Waals surface area contributed by atoms with Crippen LogP contribution in [0.25, 0.3) is 5.53 Å². The van der Waals surface area contributed by atoms with Crippen LogP contribution in [0.15, 0.2) is 91.0 Å². The molecule has 0 saturated heterocycles. The van der Waals surface area contributed by atoms with Gasteiger partial charge >= 0.3 is 12.2 Å². The molecule has 59 heavy (non-hydrogen) atoms. The van der Waals surface area contributed by atoms with Crippen LogP contribution in [0, 0.1) is 116 Å². The molecule has 15 heteroatoms. The number of aryl methyl sites for hydroxylation is 7. The molecule has 9 nitrogen and oxygen atoms in total. The van der Waals surface area contributed by atoms with Crippen molar-refractivity contribution in [3.8, 4) is 0 Å². The number of ketones is 2. The van der Waals surface area contributed by atoms with Gasteiger partial charge in [-0.3, -0.25) is 19.2 Å². The Bertz CT molecular complexity index is 1790. The molecule has 0 aromatic heterocycles. The third-order valence-electron chi connectivity index (χ3n) is 8.37. The maximum Gasteiger partial charge on any atom is 0.323 e. The Balaban J connectivity index is -0.000000150. The number of carboxylic acids is 1. The summed E-state index contributed by atoms with van der Waals surface area (Å²) in [5, 5.41) is 8.39. The maximum atomic E-state index is 11.1. The average molecular weight is 1390 g/mol. The van der Waals surface area contributed by atoms with Gasteiger partial charge in [-0.05, 0) is 115 Å². The third kappa shape index (κ3) is 32.4. The van der Waals surface area contributed by atoms with E-state index in [2.05, 4.69) is 23.8 Å². The number of aliphatic carboxylic acids is 1. The first-order valence-corrected chi connectivity index (χ1v) is 18.7. The molecule has 0 saturated carbocycles. The number of carbonyl (C=O) groups is 4. The SMILES string of the molecule is C.Cc1cccc2c1CCC(=O)C2.Cc1ccccc1CCC(=O)C=[N+]=[N-].Cc1ccccc1CCC(=O)Cl.Cc1ccccc1CCC(=O)O.ClCCl.O.O.[Ac].[Ac].[Rh]. The van der Waals surface area contributed by atoms with Crippen molar-refractivity contribution in [1.29, 1.82) is 0 Å². The summed E-state index contributed by atoms with van der Waals surface area (Å²) in [5.41, 5.74) is 19.2. The summed E-state index contributed by atoms with van der Waals surface area (Å²) in [5.74, 6) is -0.512. The minimum absolute atomic E-state index is 0. The molecule has 3 radical (unpaired) electrons. The van der Waals surface area contributed by atoms with Crippen LogP contribution in [0.5, 0.6) is 0 Å². The molecule has 0 aliphatic heterocycles. The predicted octanol–water partition coefficient (Wildman–Crippen LogP) is 8.96. The number of rotatable bonds is 10. The molecule has 0 fully saturated rings. The van der Waals surface area contributed by atoms with Gasteiger partial charge in [-0.2, -0.15) is 4.79 Å². The number of alkyl halides is 2. The van der Waals surface area contributed by atoms with Gasteiger partial charge in [0, 0.05) is 140 Å². The van der Waals surface area contributed by atoms with Gasteiger partial charge in [0.05, 0.1) is 5.34 Å². The molecule has 5 N–H and O–H groups in total. The zero-order valence-corrected chi connectivity index (χ0v) is 46.8. The van der Waals surface area contributed by atoms with E-state index in [1.54, 1.807) is 0 Å². The minimum atomic E-state index is -0.738. The third-order valence-corrected chi connectivity index (χ3v) is 8.56. The van der Waals surface area contributed by atoms with Gasteiger partial charge in [0.15, 0.2) is 0 Å². The van der Waals surface area contributed by atoms with Crippen LogP contribution < -0.4 is 0 Å². The van der Waals surface area contributed by atoms with Gasteiger partial charge in [-0.25, -0.2) is 0 Å². The number of carboxylic acid groups (broad SMARTS) is 1. The molecule has 5 rings (SSSR count). The van der Waals surface area contributed by atoms with Crippen molar-refractivity contribution in [2.75, 3.05) is 5.34 Å². The maximum absolute atomic E-state index is 11.1. The number of carbonyl (C=O) groups excluding carboxylic acids is 3. The van der Waals surface area contributed by atoms with Crippen LogP contribution in [-0.2, 0) is 70.8 Å². The van der Waals surface area contributed by atoms with E-state index in [-0.39, 0.29) is 149 Å². The van der Waals surface area contributed by atoms with Gasteiger partial charge in [-0.1, -0.05) is 98.4 Å². The van der Waals surface area contributed by atoms with E-state index >= 15 is 0 Å². The number of hydrogen-bond donors (Lipinski definition) is 1. The topological polar surface area (TPSA) is 188 Å². The number of nitrogens with zero attached hydrogens (tertiary/aromatic N) is 2. The molecule has 4 aromatic carbocycles. The van der Waals surface area contributed by atoms with Crippen molar-refractivity contribution in [2.45, 2.75) is 92.9 Å². The van der Waals surface area contributed by atoms with Gasteiger partial charge in [0.2, 0.25) is 11.0 Å². The largest absolute Gasteiger partial charge is 0.481 e. The van der Waals surface area contributed by atoms with E-state index in [0.717, 1.165) is 36.6 Å². The number of hydrogen-bond acceptors (Lipinski definition) is 4. The molecule has 4 aromatic rings. The fourth-order valence-corrected chi connectivity index (χ4v) is 5.48. The molecular formula is C44H57Ac2Cl3N2O7Rh. The van der Waals surface area contributed by atoms with E-state index in [9.17, 15) is 19.2 Å². The van der Waals surface area contributed by atoms with E-state index in [1.807, 2.05) is 99.6 Å². The summed E-state index contributed by atoms with van der Waals surface area (Å²) in [7, 11) is 0. The first-order chi connectivity index (χ1) is 25.3. The zero-order valence-electron chi connectivity index (χ0n) is 33.4. The number of fused-ring (bicyclic) bond motifs is 1. The van der Waals surface area contributed by atoms with E-state index in [4.69, 9.17) is 45.4 Å². The summed E-state index contributed by atoms with van der Waals surface area (Å²) in [4.78, 5) is 45.6. The first-order valence-electron chi connectivity index (χ1n) is 17.3. The minimum Gasteiger partial charge on any atom is -0.481 e. The Morgan fingerprint density at radius 1 is 0.678 bits per heavy atom. The predicted molar refractivity (Wildman–Crippen MR) is 230 cm³/mol. The summed E-state index contributed by atoms with van der Waals surface area (Å²) in [6.07, 6.45) is 6.36. The summed E-state index contributed by atoms with van der Waals surface area (Å²) in [6.45, 7) is 8.17. The second-order valence-corrected chi connectivity index (χ2v) is 13.5. The molecule has 1 aliphatic rings. The van der Waals surface area contributed by atoms with Crippen molar-refractivity contribution in [2.24, 2.45) is 0 Å². The van der Waals surface area contributed by atoms with E-state index in [1.165, 1.54) is 38.9 Å². The Morgan fingerprint density at radius 2 is 1.07 bits per heavy atom. The quantitative estimate of drug-likeness (QED) is 0.0414. The normalized spacial score (nSPS) is 9.71. The van der Waals surface area contributed by atoms with Gasteiger partial charge in [-0.15, -0.1) is 23.2 Å². The Hall–Kier alpha value is -0.964. The molecule has 0 bridgehead atoms. The second kappa shape index (κ2) is 42.3. The molecule has 0 heterocycles. The van der Waals surface area contributed by atoms with Crippen LogP contribution in [0.2, 0.25) is 0 Å². The smallest absolute Gasteiger partial charge is 0.323 e. The fourth-order valence-electron chi connectivity index (χ4n) is 5.38. The van der Waals surface area contributed by atoms with Crippen molar-refractivity contribution >= 4 is 63.8 Å². The van der Waals surface area contributed by atoms with Crippen molar-refractivity contribution in [1.82, 2.24) is 0 Å². The molecule has 0 atom stereocenters. The van der Waals surface area contributed by atoms with Gasteiger partial charge in [0.1, 0.15) is 5.78 Å². The van der Waals surface area contributed by atoms with Crippen molar-refractivity contribution in [3.63, 3.8) is 0 Å². The zero-order chi connectivity index (χ0) is 39.6. The summed E-state index contributed by atoms with van der Waals surface area (Å²) in [6, 6.07) is 30.0. The molecule has 0 unspecified atom stereocenters. The van der Waals surface area contributed by atoms with Crippen LogP contribution in [0.4, 0.5) is 0 Å². The average Bonchev–Trinajstić information content (AvgIpc) is 3.12. The Labute approximate surface area is 450 Å². The summed E-state index contributed by atoms with van der Waals surface area (Å²) < 4.78 is 0. The number of halogens is 3. The molecular weight excluding hydrogens is 1330 g/mol. The summed E-state index contributed by atoms with van der Waals surface area (Å²) >= 11 is 14.8. The molecule has 321 valence electrons. The number of benzene rings is 4. The van der Waals surface area contributed by atoms with Crippen LogP contribution in [-0.4, -0.2) is 55.2 Å². The first kappa shape index (κ1) is 69.7. The Morgan fingerprint density at radius 3 is 1.46 bits per heavy atom. The standard InChI is InChI=1S/C11H12N2O.C11H12O.C10H11ClO.C10H12O2.CH2Cl2.CH4.2Ac.2H2O.Rh/c1-9-4-2-3-5-10(9)6-7-11(14)8-13-12;1-8-3-2-4-9-7-10(12)5-6-11(8)9;2*1-8-4-2-3-5-9(8)6-7-10(11)12;2-1-3;;;;;;/h2-5,8H,6-7H2,1H3;2-4H,5-7H2,1H3;2-5H,6-7H2,1H3;2-5H,6-7H2,1H3,(H,11,12);1H2;1H4;;;2*1H2;. The molecule has 0 amide bonds. The monoisotopic (exact) mass is 1390 g/mol. The molecule has 1 aliphatic carbocycles. The van der Waals surface area contributed by atoms with Crippen LogP contribution >= 0.6 is 34.8 Å². The van der Waals surface area contributed by atoms with Crippen LogP contribution in [0.1, 0.15) is 83.2 Å². The van der Waals surface area contributed by atoms with Gasteiger partial charge < -0.3 is 21.6 Å².